The van der Waals surface area contributed by atoms with E-state index in [0.717, 1.165) is 13.1 Å². The molecule has 0 amide bonds. The van der Waals surface area contributed by atoms with Crippen LogP contribution in [0.15, 0.2) is 30.3 Å². The molecule has 1 aliphatic heterocycles. The van der Waals surface area contributed by atoms with Gasteiger partial charge >= 0.3 is 0 Å². The summed E-state index contributed by atoms with van der Waals surface area (Å²) in [5, 5.41) is 3.73. The second kappa shape index (κ2) is 6.50. The zero-order valence-electron chi connectivity index (χ0n) is 13.6. The highest BCUT2D eigenvalue weighted by atomic mass is 15.2. The lowest BCUT2D eigenvalue weighted by Crippen LogP contribution is -2.54. The number of hydrogen-bond acceptors (Lipinski definition) is 2. The second-order valence-corrected chi connectivity index (χ2v) is 7.21. The Morgan fingerprint density at radius 2 is 1.90 bits per heavy atom. The van der Waals surface area contributed by atoms with Crippen LogP contribution in [-0.2, 0) is 0 Å². The van der Waals surface area contributed by atoms with Crippen LogP contribution in [0.4, 0.5) is 0 Å². The van der Waals surface area contributed by atoms with Crippen LogP contribution in [0.3, 0.4) is 0 Å². The van der Waals surface area contributed by atoms with Crippen molar-refractivity contribution in [2.45, 2.75) is 58.0 Å². The smallest absolute Gasteiger partial charge is 0.0449 e. The Balaban J connectivity index is 1.69. The molecule has 1 saturated heterocycles. The molecule has 1 aromatic carbocycles. The molecule has 1 aliphatic carbocycles. The zero-order valence-corrected chi connectivity index (χ0v) is 13.6. The Morgan fingerprint density at radius 3 is 2.57 bits per heavy atom. The molecule has 0 bridgehead atoms. The molecule has 1 heterocycles. The van der Waals surface area contributed by atoms with Crippen LogP contribution in [-0.4, -0.2) is 30.6 Å². The van der Waals surface area contributed by atoms with Crippen LogP contribution in [0.5, 0.6) is 0 Å². The molecule has 21 heavy (non-hydrogen) atoms. The molecule has 1 N–H and O–H groups in total. The maximum atomic E-state index is 3.73. The van der Waals surface area contributed by atoms with E-state index < -0.39 is 0 Å². The van der Waals surface area contributed by atoms with E-state index in [9.17, 15) is 0 Å². The van der Waals surface area contributed by atoms with E-state index in [-0.39, 0.29) is 0 Å². The Hall–Kier alpha value is -0.860. The van der Waals surface area contributed by atoms with Crippen molar-refractivity contribution in [3.05, 3.63) is 35.9 Å². The van der Waals surface area contributed by atoms with Crippen molar-refractivity contribution < 1.29 is 0 Å². The van der Waals surface area contributed by atoms with E-state index in [1.165, 1.54) is 44.2 Å². The lowest BCUT2D eigenvalue weighted by molar-refractivity contribution is 0.0767. The van der Waals surface area contributed by atoms with Gasteiger partial charge in [-0.3, -0.25) is 4.90 Å². The van der Waals surface area contributed by atoms with Gasteiger partial charge in [-0.15, -0.1) is 0 Å². The average molecular weight is 286 g/mol. The van der Waals surface area contributed by atoms with Gasteiger partial charge in [-0.05, 0) is 37.2 Å². The number of hydrogen-bond donors (Lipinski definition) is 1. The molecular weight excluding hydrogens is 256 g/mol. The first kappa shape index (κ1) is 15.1. The molecule has 1 saturated carbocycles. The lowest BCUT2D eigenvalue weighted by Gasteiger charge is -2.43. The van der Waals surface area contributed by atoms with Crippen molar-refractivity contribution in [2.75, 3.05) is 19.6 Å². The van der Waals surface area contributed by atoms with Gasteiger partial charge in [-0.2, -0.15) is 0 Å². The summed E-state index contributed by atoms with van der Waals surface area (Å²) in [4.78, 5) is 2.75. The van der Waals surface area contributed by atoms with E-state index >= 15 is 0 Å². The van der Waals surface area contributed by atoms with Gasteiger partial charge in [-0.25, -0.2) is 0 Å². The van der Waals surface area contributed by atoms with Gasteiger partial charge in [0.15, 0.2) is 0 Å². The van der Waals surface area contributed by atoms with E-state index in [1.54, 1.807) is 0 Å². The summed E-state index contributed by atoms with van der Waals surface area (Å²) < 4.78 is 0. The van der Waals surface area contributed by atoms with Crippen molar-refractivity contribution in [3.8, 4) is 0 Å². The Bertz CT molecular complexity index is 436. The summed E-state index contributed by atoms with van der Waals surface area (Å²) in [5.41, 5.74) is 2.04. The highest BCUT2D eigenvalue weighted by Gasteiger charge is 2.36. The first-order valence-corrected chi connectivity index (χ1v) is 8.75. The minimum absolute atomic E-state index is 0.498. The number of nitrogens with one attached hydrogen (secondary N) is 1. The Morgan fingerprint density at radius 1 is 1.19 bits per heavy atom. The molecule has 2 unspecified atom stereocenters. The van der Waals surface area contributed by atoms with Crippen molar-refractivity contribution in [3.63, 3.8) is 0 Å². The molecule has 1 aromatic rings. The lowest BCUT2D eigenvalue weighted by atomic mass is 9.82. The fourth-order valence-electron chi connectivity index (χ4n) is 4.23. The topological polar surface area (TPSA) is 15.3 Å². The van der Waals surface area contributed by atoms with Crippen LogP contribution in [0.1, 0.15) is 57.6 Å². The molecule has 116 valence electrons. The Labute approximate surface area is 129 Å². The Kier molecular flexibility index (Phi) is 4.66. The van der Waals surface area contributed by atoms with Gasteiger partial charge in [0.05, 0.1) is 0 Å². The van der Waals surface area contributed by atoms with Gasteiger partial charge in [0.25, 0.3) is 0 Å². The van der Waals surface area contributed by atoms with Crippen molar-refractivity contribution >= 4 is 0 Å². The fraction of sp³-hybridized carbons (Fsp3) is 0.684. The van der Waals surface area contributed by atoms with Crippen LogP contribution in [0, 0.1) is 5.41 Å². The van der Waals surface area contributed by atoms with Crippen molar-refractivity contribution in [1.82, 2.24) is 10.2 Å². The molecule has 2 atom stereocenters. The minimum Gasteiger partial charge on any atom is -0.307 e. The molecule has 2 nitrogen and oxygen atoms in total. The number of rotatable bonds is 4. The second-order valence-electron chi connectivity index (χ2n) is 7.21. The van der Waals surface area contributed by atoms with Gasteiger partial charge in [-0.1, -0.05) is 50.1 Å². The van der Waals surface area contributed by atoms with Gasteiger partial charge in [0.1, 0.15) is 0 Å². The third-order valence-corrected chi connectivity index (χ3v) is 5.85. The average Bonchev–Trinajstić information content (AvgIpc) is 2.99. The fourth-order valence-corrected chi connectivity index (χ4v) is 4.23. The zero-order chi connectivity index (χ0) is 14.7. The maximum Gasteiger partial charge on any atom is 0.0449 e. The number of nitrogens with zero attached hydrogens (tertiary/aromatic N) is 1. The van der Waals surface area contributed by atoms with Crippen molar-refractivity contribution in [2.24, 2.45) is 5.41 Å². The summed E-state index contributed by atoms with van der Waals surface area (Å²) in [5.74, 6) is 0. The third kappa shape index (κ3) is 3.32. The third-order valence-electron chi connectivity index (χ3n) is 5.85. The standard InChI is InChI=1S/C19H30N2/c1-3-19(11-7-8-12-19)15-21-14-18(20-13-16(21)2)17-9-5-4-6-10-17/h4-6,9-10,16,18,20H,3,7-8,11-15H2,1-2H3. The molecule has 2 fully saturated rings. The van der Waals surface area contributed by atoms with Gasteiger partial charge < -0.3 is 5.32 Å². The summed E-state index contributed by atoms with van der Waals surface area (Å²) in [6.07, 6.45) is 7.11. The molecule has 2 heteroatoms. The largest absolute Gasteiger partial charge is 0.307 e. The van der Waals surface area contributed by atoms with Gasteiger partial charge in [0, 0.05) is 31.7 Å². The van der Waals surface area contributed by atoms with E-state index in [0.29, 0.717) is 17.5 Å². The molecular formula is C19H30N2. The maximum absolute atomic E-state index is 3.73. The minimum atomic E-state index is 0.498. The molecule has 0 spiro atoms. The van der Waals surface area contributed by atoms with E-state index in [2.05, 4.69) is 54.4 Å². The van der Waals surface area contributed by atoms with Crippen LogP contribution < -0.4 is 5.32 Å². The summed E-state index contributed by atoms with van der Waals surface area (Å²) in [7, 11) is 0. The van der Waals surface area contributed by atoms with E-state index in [4.69, 9.17) is 0 Å². The number of benzene rings is 1. The number of piperazine rings is 1. The first-order chi connectivity index (χ1) is 10.2. The SMILES string of the molecule is CCC1(CN2CC(c3ccccc3)NCC2C)CCCC1. The van der Waals surface area contributed by atoms with Crippen LogP contribution in [0.25, 0.3) is 0 Å². The van der Waals surface area contributed by atoms with Crippen LogP contribution in [0.2, 0.25) is 0 Å². The highest BCUT2D eigenvalue weighted by molar-refractivity contribution is 5.20. The quantitative estimate of drug-likeness (QED) is 0.900. The summed E-state index contributed by atoms with van der Waals surface area (Å²) in [6, 6.07) is 12.1. The molecule has 0 aromatic heterocycles. The first-order valence-electron chi connectivity index (χ1n) is 8.75. The normalized spacial score (nSPS) is 29.6. The molecule has 3 rings (SSSR count). The van der Waals surface area contributed by atoms with E-state index in [1.807, 2.05) is 0 Å². The predicted octanol–water partition coefficient (Wildman–Crippen LogP) is 3.99. The summed E-state index contributed by atoms with van der Waals surface area (Å²) in [6.45, 7) is 8.35. The molecule has 2 aliphatic rings. The van der Waals surface area contributed by atoms with Gasteiger partial charge in [0.2, 0.25) is 0 Å². The van der Waals surface area contributed by atoms with Crippen LogP contribution >= 0.6 is 0 Å². The predicted molar refractivity (Wildman–Crippen MR) is 89.4 cm³/mol. The van der Waals surface area contributed by atoms with Crippen molar-refractivity contribution in [1.29, 1.82) is 0 Å². The molecule has 0 radical (unpaired) electrons. The monoisotopic (exact) mass is 286 g/mol. The highest BCUT2D eigenvalue weighted by Crippen LogP contribution is 2.42. The summed E-state index contributed by atoms with van der Waals surface area (Å²) >= 11 is 0.